The van der Waals surface area contributed by atoms with E-state index in [0.29, 0.717) is 13.1 Å². The van der Waals surface area contributed by atoms with E-state index in [2.05, 4.69) is 15.2 Å². The molecule has 0 bridgehead atoms. The predicted octanol–water partition coefficient (Wildman–Crippen LogP) is 0.557. The van der Waals surface area contributed by atoms with Crippen molar-refractivity contribution in [3.05, 3.63) is 42.5 Å². The lowest BCUT2D eigenvalue weighted by Gasteiger charge is -2.23. The minimum Gasteiger partial charge on any atom is -0.308 e. The number of hydrogen-bond donors (Lipinski definition) is 1. The van der Waals surface area contributed by atoms with Crippen LogP contribution in [0.2, 0.25) is 0 Å². The maximum Gasteiger partial charge on any atom is 0.246 e. The lowest BCUT2D eigenvalue weighted by molar-refractivity contribution is 0.329. The van der Waals surface area contributed by atoms with E-state index >= 15 is 0 Å². The molecule has 8 heteroatoms. The molecule has 0 amide bonds. The number of rotatable bonds is 7. The average Bonchev–Trinajstić information content (AvgIpc) is 2.99. The van der Waals surface area contributed by atoms with E-state index in [4.69, 9.17) is 0 Å². The van der Waals surface area contributed by atoms with Crippen LogP contribution in [0.5, 0.6) is 0 Å². The fraction of sp³-hybridized carbons (Fsp3) is 0.385. The van der Waals surface area contributed by atoms with Crippen LogP contribution < -0.4 is 0 Å². The van der Waals surface area contributed by atoms with Gasteiger partial charge in [-0.2, -0.15) is 9.40 Å². The van der Waals surface area contributed by atoms with Gasteiger partial charge in [-0.25, -0.2) is 8.42 Å². The van der Waals surface area contributed by atoms with Crippen molar-refractivity contribution in [3.8, 4) is 0 Å². The Kier molecular flexibility index (Phi) is 5.05. The maximum absolute atomic E-state index is 12.6. The van der Waals surface area contributed by atoms with Gasteiger partial charge in [0, 0.05) is 38.2 Å². The Morgan fingerprint density at radius 3 is 2.62 bits per heavy atom. The summed E-state index contributed by atoms with van der Waals surface area (Å²) >= 11 is 0. The Labute approximate surface area is 124 Å². The Morgan fingerprint density at radius 2 is 2.05 bits per heavy atom. The first-order chi connectivity index (χ1) is 10.00. The van der Waals surface area contributed by atoms with Crippen LogP contribution in [0.25, 0.3) is 0 Å². The van der Waals surface area contributed by atoms with Gasteiger partial charge in [0.25, 0.3) is 0 Å². The third-order valence-corrected chi connectivity index (χ3v) is 4.80. The molecule has 0 unspecified atom stereocenters. The highest BCUT2D eigenvalue weighted by Crippen LogP contribution is 2.16. The van der Waals surface area contributed by atoms with Gasteiger partial charge < -0.3 is 4.90 Å². The van der Waals surface area contributed by atoms with E-state index in [1.807, 2.05) is 25.1 Å². The average molecular weight is 309 g/mol. The van der Waals surface area contributed by atoms with Gasteiger partial charge in [-0.3, -0.25) is 10.1 Å². The van der Waals surface area contributed by atoms with E-state index in [1.54, 1.807) is 18.5 Å². The number of H-pyrrole nitrogens is 1. The second kappa shape index (κ2) is 6.79. The highest BCUT2D eigenvalue weighted by atomic mass is 32.2. The predicted molar refractivity (Wildman–Crippen MR) is 79.0 cm³/mol. The minimum absolute atomic E-state index is 0.171. The van der Waals surface area contributed by atoms with Gasteiger partial charge in [-0.15, -0.1) is 0 Å². The van der Waals surface area contributed by atoms with Gasteiger partial charge in [-0.05, 0) is 25.7 Å². The second-order valence-corrected chi connectivity index (χ2v) is 6.88. The van der Waals surface area contributed by atoms with E-state index in [-0.39, 0.29) is 11.4 Å². The smallest absolute Gasteiger partial charge is 0.246 e. The fourth-order valence-corrected chi connectivity index (χ4v) is 3.15. The fourth-order valence-electron chi connectivity index (χ4n) is 1.82. The third kappa shape index (κ3) is 4.10. The zero-order valence-corrected chi connectivity index (χ0v) is 12.9. The van der Waals surface area contributed by atoms with Crippen LogP contribution in [-0.2, 0) is 16.6 Å². The molecule has 2 heterocycles. The molecule has 0 saturated carbocycles. The molecule has 0 atom stereocenters. The number of pyridine rings is 1. The summed E-state index contributed by atoms with van der Waals surface area (Å²) in [6, 6.07) is 3.66. The number of aromatic nitrogens is 3. The molecule has 0 fully saturated rings. The third-order valence-electron chi connectivity index (χ3n) is 2.99. The molecule has 0 saturated heterocycles. The molecule has 0 aromatic carbocycles. The monoisotopic (exact) mass is 309 g/mol. The van der Waals surface area contributed by atoms with Crippen molar-refractivity contribution < 1.29 is 8.42 Å². The van der Waals surface area contributed by atoms with Gasteiger partial charge in [0.15, 0.2) is 0 Å². The van der Waals surface area contributed by atoms with Crippen molar-refractivity contribution in [2.24, 2.45) is 0 Å². The minimum atomic E-state index is -3.57. The zero-order valence-electron chi connectivity index (χ0n) is 12.1. The van der Waals surface area contributed by atoms with Gasteiger partial charge >= 0.3 is 0 Å². The number of likely N-dealkylation sites (N-methyl/N-ethyl adjacent to an activating group) is 1. The Bertz CT molecular complexity index is 640. The SMILES string of the molecule is CN(C)CCN(Cc1cccnc1)S(=O)(=O)c1cn[nH]c1. The highest BCUT2D eigenvalue weighted by molar-refractivity contribution is 7.89. The summed E-state index contributed by atoms with van der Waals surface area (Å²) in [6.07, 6.45) is 6.05. The van der Waals surface area contributed by atoms with Gasteiger partial charge in [0.1, 0.15) is 4.90 Å². The zero-order chi connectivity index (χ0) is 15.3. The summed E-state index contributed by atoms with van der Waals surface area (Å²) in [6.45, 7) is 1.32. The van der Waals surface area contributed by atoms with Gasteiger partial charge in [0.05, 0.1) is 6.20 Å². The number of hydrogen-bond acceptors (Lipinski definition) is 5. The molecule has 0 aliphatic heterocycles. The van der Waals surface area contributed by atoms with Crippen molar-refractivity contribution in [1.82, 2.24) is 24.4 Å². The summed E-state index contributed by atoms with van der Waals surface area (Å²) in [5.74, 6) is 0. The van der Waals surface area contributed by atoms with Crippen molar-refractivity contribution >= 4 is 10.0 Å². The Hall–Kier alpha value is -1.77. The number of nitrogens with zero attached hydrogens (tertiary/aromatic N) is 4. The standard InChI is InChI=1S/C13H19N5O2S/c1-17(2)6-7-18(11-12-4-3-5-14-8-12)21(19,20)13-9-15-16-10-13/h3-5,8-10H,6-7,11H2,1-2H3,(H,15,16). The summed E-state index contributed by atoms with van der Waals surface area (Å²) in [5, 5.41) is 6.26. The number of nitrogens with one attached hydrogen (secondary N) is 1. The second-order valence-electron chi connectivity index (χ2n) is 4.94. The molecular weight excluding hydrogens is 290 g/mol. The largest absolute Gasteiger partial charge is 0.308 e. The van der Waals surface area contributed by atoms with Crippen LogP contribution in [-0.4, -0.2) is 60.0 Å². The Balaban J connectivity index is 2.23. The molecule has 2 aromatic rings. The first kappa shape index (κ1) is 15.6. The molecule has 0 radical (unpaired) electrons. The molecule has 0 aliphatic rings. The first-order valence-electron chi connectivity index (χ1n) is 6.52. The van der Waals surface area contributed by atoms with Crippen LogP contribution >= 0.6 is 0 Å². The Morgan fingerprint density at radius 1 is 1.24 bits per heavy atom. The summed E-state index contributed by atoms with van der Waals surface area (Å²) in [7, 11) is 0.252. The summed E-state index contributed by atoms with van der Waals surface area (Å²) in [4.78, 5) is 6.14. The first-order valence-corrected chi connectivity index (χ1v) is 7.97. The van der Waals surface area contributed by atoms with Crippen molar-refractivity contribution in [2.75, 3.05) is 27.2 Å². The lowest BCUT2D eigenvalue weighted by atomic mass is 10.3. The van der Waals surface area contributed by atoms with E-state index in [9.17, 15) is 8.42 Å². The number of aromatic amines is 1. The molecule has 2 aromatic heterocycles. The lowest BCUT2D eigenvalue weighted by Crippen LogP contribution is -2.36. The molecular formula is C13H19N5O2S. The van der Waals surface area contributed by atoms with Crippen LogP contribution in [0.1, 0.15) is 5.56 Å². The van der Waals surface area contributed by atoms with E-state index in [0.717, 1.165) is 5.56 Å². The molecule has 1 N–H and O–H groups in total. The quantitative estimate of drug-likeness (QED) is 0.808. The van der Waals surface area contributed by atoms with Crippen LogP contribution in [0, 0.1) is 0 Å². The number of sulfonamides is 1. The van der Waals surface area contributed by atoms with Gasteiger partial charge in [0.2, 0.25) is 10.0 Å². The van der Waals surface area contributed by atoms with Crippen LogP contribution in [0.4, 0.5) is 0 Å². The molecule has 2 rings (SSSR count). The van der Waals surface area contributed by atoms with Crippen molar-refractivity contribution in [2.45, 2.75) is 11.4 Å². The maximum atomic E-state index is 12.6. The van der Waals surface area contributed by atoms with Crippen LogP contribution in [0.15, 0.2) is 41.8 Å². The van der Waals surface area contributed by atoms with E-state index < -0.39 is 10.0 Å². The van der Waals surface area contributed by atoms with Crippen molar-refractivity contribution in [1.29, 1.82) is 0 Å². The molecule has 114 valence electrons. The van der Waals surface area contributed by atoms with Crippen molar-refractivity contribution in [3.63, 3.8) is 0 Å². The summed E-state index contributed by atoms with van der Waals surface area (Å²) < 4.78 is 26.7. The highest BCUT2D eigenvalue weighted by Gasteiger charge is 2.25. The molecule has 21 heavy (non-hydrogen) atoms. The van der Waals surface area contributed by atoms with E-state index in [1.165, 1.54) is 16.7 Å². The molecule has 0 spiro atoms. The molecule has 0 aliphatic carbocycles. The van der Waals surface area contributed by atoms with Gasteiger partial charge in [-0.1, -0.05) is 6.07 Å². The molecule has 7 nitrogen and oxygen atoms in total. The van der Waals surface area contributed by atoms with Crippen LogP contribution in [0.3, 0.4) is 0 Å². The topological polar surface area (TPSA) is 82.2 Å². The summed E-state index contributed by atoms with van der Waals surface area (Å²) in [5.41, 5.74) is 0.850. The normalized spacial score (nSPS) is 12.2.